The molecular weight excluding hydrogens is 340 g/mol. The summed E-state index contributed by atoms with van der Waals surface area (Å²) in [6.45, 7) is 3.17. The topological polar surface area (TPSA) is 86.4 Å². The van der Waals surface area contributed by atoms with E-state index >= 15 is 0 Å². The highest BCUT2D eigenvalue weighted by Crippen LogP contribution is 2.25. The summed E-state index contributed by atoms with van der Waals surface area (Å²) in [5.74, 6) is -0.105. The Morgan fingerprint density at radius 3 is 2.72 bits per heavy atom. The second-order valence-corrected chi connectivity index (χ2v) is 7.57. The number of carbonyl (C=O) groups is 1. The van der Waals surface area contributed by atoms with E-state index < -0.39 is 10.0 Å². The summed E-state index contributed by atoms with van der Waals surface area (Å²) in [6.07, 6.45) is 9.89. The number of nitrogens with zero attached hydrogens (tertiary/aromatic N) is 3. The predicted octanol–water partition coefficient (Wildman–Crippen LogP) is 1.53. The van der Waals surface area contributed by atoms with Crippen LogP contribution in [-0.4, -0.2) is 59.7 Å². The number of nitrogens with one attached hydrogen (secondary N) is 1. The number of aromatic amines is 1. The van der Waals surface area contributed by atoms with Crippen LogP contribution >= 0.6 is 0 Å². The van der Waals surface area contributed by atoms with Crippen molar-refractivity contribution in [3.05, 3.63) is 48.8 Å². The highest BCUT2D eigenvalue weighted by Gasteiger charge is 2.31. The lowest BCUT2D eigenvalue weighted by Gasteiger charge is -2.33. The zero-order valence-corrected chi connectivity index (χ0v) is 14.7. The molecule has 132 valence electrons. The van der Waals surface area contributed by atoms with Gasteiger partial charge in [0.1, 0.15) is 10.5 Å². The number of hydrogen-bond donors (Lipinski definition) is 1. The van der Waals surface area contributed by atoms with Crippen molar-refractivity contribution in [1.82, 2.24) is 19.2 Å². The molecule has 1 fully saturated rings. The number of carbonyl (C=O) groups excluding carboxylic acids is 1. The first-order valence-corrected chi connectivity index (χ1v) is 9.48. The Labute approximate surface area is 146 Å². The number of sulfonamides is 1. The zero-order chi connectivity index (χ0) is 17.9. The first-order valence-electron chi connectivity index (χ1n) is 8.04. The minimum Gasteiger partial charge on any atom is -0.345 e. The first-order chi connectivity index (χ1) is 12.0. The zero-order valence-electron chi connectivity index (χ0n) is 13.9. The summed E-state index contributed by atoms with van der Waals surface area (Å²) in [5, 5.41) is 0.579. The number of fused-ring (bicyclic) bond motifs is 1. The summed E-state index contributed by atoms with van der Waals surface area (Å²) < 4.78 is 27.2. The maximum absolute atomic E-state index is 12.9. The van der Waals surface area contributed by atoms with Gasteiger partial charge in [-0.1, -0.05) is 18.2 Å². The van der Waals surface area contributed by atoms with Crippen LogP contribution in [0.15, 0.2) is 53.7 Å². The molecule has 0 saturated carbocycles. The molecule has 3 rings (SSSR count). The van der Waals surface area contributed by atoms with E-state index in [1.165, 1.54) is 16.6 Å². The van der Waals surface area contributed by atoms with Crippen molar-refractivity contribution in [3.8, 4) is 0 Å². The van der Waals surface area contributed by atoms with E-state index in [9.17, 15) is 13.2 Å². The maximum Gasteiger partial charge on any atom is 0.246 e. The van der Waals surface area contributed by atoms with E-state index in [1.54, 1.807) is 35.4 Å². The van der Waals surface area contributed by atoms with Gasteiger partial charge in [0.05, 0.1) is 0 Å². The lowest BCUT2D eigenvalue weighted by molar-refractivity contribution is -0.127. The molecule has 2 aromatic heterocycles. The van der Waals surface area contributed by atoms with Gasteiger partial charge in [0.2, 0.25) is 15.9 Å². The fourth-order valence-electron chi connectivity index (χ4n) is 2.79. The van der Waals surface area contributed by atoms with Crippen LogP contribution in [0, 0.1) is 0 Å². The number of H-pyrrole nitrogens is 1. The van der Waals surface area contributed by atoms with E-state index in [2.05, 4.69) is 9.97 Å². The smallest absolute Gasteiger partial charge is 0.246 e. The van der Waals surface area contributed by atoms with Crippen molar-refractivity contribution in [2.24, 2.45) is 0 Å². The predicted molar refractivity (Wildman–Crippen MR) is 95.4 cm³/mol. The van der Waals surface area contributed by atoms with E-state index in [-0.39, 0.29) is 23.9 Å². The lowest BCUT2D eigenvalue weighted by Crippen LogP contribution is -2.50. The second kappa shape index (κ2) is 7.20. The molecule has 1 aliphatic heterocycles. The molecule has 0 unspecified atom stereocenters. The Morgan fingerprint density at radius 1 is 1.24 bits per heavy atom. The van der Waals surface area contributed by atoms with Gasteiger partial charge in [-0.15, -0.1) is 0 Å². The van der Waals surface area contributed by atoms with Crippen molar-refractivity contribution in [2.45, 2.75) is 11.8 Å². The number of allylic oxidation sites excluding steroid dienone is 3. The molecule has 25 heavy (non-hydrogen) atoms. The number of rotatable bonds is 4. The monoisotopic (exact) mass is 360 g/mol. The average molecular weight is 360 g/mol. The van der Waals surface area contributed by atoms with Crippen molar-refractivity contribution >= 4 is 27.0 Å². The molecule has 7 nitrogen and oxygen atoms in total. The van der Waals surface area contributed by atoms with Gasteiger partial charge in [0, 0.05) is 50.0 Å². The molecule has 0 bridgehead atoms. The summed E-state index contributed by atoms with van der Waals surface area (Å²) >= 11 is 0. The Balaban J connectivity index is 1.73. The molecule has 3 heterocycles. The van der Waals surface area contributed by atoms with E-state index in [0.717, 1.165) is 0 Å². The van der Waals surface area contributed by atoms with Crippen LogP contribution in [0.4, 0.5) is 0 Å². The first kappa shape index (κ1) is 17.4. The van der Waals surface area contributed by atoms with Gasteiger partial charge in [-0.25, -0.2) is 13.4 Å². The molecule has 0 aliphatic carbocycles. The highest BCUT2D eigenvalue weighted by atomic mass is 32.2. The van der Waals surface area contributed by atoms with Gasteiger partial charge in [0.15, 0.2) is 0 Å². The molecule has 0 radical (unpaired) electrons. The number of amides is 1. The lowest BCUT2D eigenvalue weighted by atomic mass is 10.3. The second-order valence-electron chi connectivity index (χ2n) is 5.67. The van der Waals surface area contributed by atoms with Gasteiger partial charge in [-0.3, -0.25) is 4.79 Å². The summed E-state index contributed by atoms with van der Waals surface area (Å²) in [6, 6.07) is 3.44. The molecule has 8 heteroatoms. The molecule has 1 N–H and O–H groups in total. The summed E-state index contributed by atoms with van der Waals surface area (Å²) in [5.41, 5.74) is 0.545. The Hall–Kier alpha value is -2.45. The van der Waals surface area contributed by atoms with Crippen molar-refractivity contribution in [3.63, 3.8) is 0 Å². The molecular formula is C17H20N4O3S. The van der Waals surface area contributed by atoms with Crippen LogP contribution in [0.5, 0.6) is 0 Å². The third kappa shape index (κ3) is 3.49. The van der Waals surface area contributed by atoms with Crippen LogP contribution in [0.25, 0.3) is 11.0 Å². The molecule has 0 spiro atoms. The summed E-state index contributed by atoms with van der Waals surface area (Å²) in [7, 11) is -3.62. The molecule has 1 aliphatic rings. The number of hydrogen-bond acceptors (Lipinski definition) is 4. The van der Waals surface area contributed by atoms with Gasteiger partial charge in [-0.2, -0.15) is 4.31 Å². The molecule has 0 atom stereocenters. The normalized spacial score (nSPS) is 17.1. The molecule has 1 saturated heterocycles. The Bertz CT molecular complexity index is 922. The largest absolute Gasteiger partial charge is 0.345 e. The van der Waals surface area contributed by atoms with Crippen molar-refractivity contribution < 1.29 is 13.2 Å². The fourth-order valence-corrected chi connectivity index (χ4v) is 4.36. The number of pyridine rings is 1. The van der Waals surface area contributed by atoms with Crippen LogP contribution in [-0.2, 0) is 14.8 Å². The van der Waals surface area contributed by atoms with Gasteiger partial charge >= 0.3 is 0 Å². The Kier molecular flexibility index (Phi) is 5.00. The van der Waals surface area contributed by atoms with Crippen LogP contribution in [0.1, 0.15) is 6.92 Å². The highest BCUT2D eigenvalue weighted by molar-refractivity contribution is 7.89. The van der Waals surface area contributed by atoms with Crippen LogP contribution < -0.4 is 0 Å². The molecule has 0 aromatic carbocycles. The fraction of sp³-hybridized carbons (Fsp3) is 0.294. The van der Waals surface area contributed by atoms with Crippen molar-refractivity contribution in [2.75, 3.05) is 26.2 Å². The van der Waals surface area contributed by atoms with Gasteiger partial charge in [-0.05, 0) is 19.1 Å². The third-order valence-corrected chi connectivity index (χ3v) is 6.06. The minimum absolute atomic E-state index is 0.105. The average Bonchev–Trinajstić information content (AvgIpc) is 3.07. The molecule has 2 aromatic rings. The molecule has 1 amide bonds. The van der Waals surface area contributed by atoms with E-state index in [4.69, 9.17) is 0 Å². The van der Waals surface area contributed by atoms with E-state index in [1.807, 2.05) is 13.0 Å². The van der Waals surface area contributed by atoms with Crippen LogP contribution in [0.2, 0.25) is 0 Å². The number of aromatic nitrogens is 2. The minimum atomic E-state index is -3.62. The third-order valence-electron chi connectivity index (χ3n) is 4.12. The Morgan fingerprint density at radius 2 is 2.00 bits per heavy atom. The quantitative estimate of drug-likeness (QED) is 0.662. The van der Waals surface area contributed by atoms with E-state index in [0.29, 0.717) is 24.1 Å². The SMILES string of the molecule is C/C=C/C=C\C(=O)N1CCN(S(=O)(=O)c2c[nH]c3ncccc23)CC1. The van der Waals surface area contributed by atoms with Crippen molar-refractivity contribution in [1.29, 1.82) is 0 Å². The standard InChI is InChI=1S/C17H20N4O3S/c1-2-3-4-7-16(22)20-9-11-21(12-10-20)25(23,24)15-13-19-17-14(15)6-5-8-18-17/h2-8,13H,9-12H2,1H3,(H,18,19)/b3-2+,7-4-. The van der Waals surface area contributed by atoms with Gasteiger partial charge in [0.25, 0.3) is 0 Å². The van der Waals surface area contributed by atoms with Gasteiger partial charge < -0.3 is 9.88 Å². The van der Waals surface area contributed by atoms with Crippen LogP contribution in [0.3, 0.4) is 0 Å². The number of piperazine rings is 1. The summed E-state index contributed by atoms with van der Waals surface area (Å²) in [4.78, 5) is 21.0. The maximum atomic E-state index is 12.9.